The van der Waals surface area contributed by atoms with E-state index in [0.717, 1.165) is 15.8 Å². The maximum atomic E-state index is 10.3. The van der Waals surface area contributed by atoms with E-state index < -0.39 is 0 Å². The Morgan fingerprint density at radius 1 is 1.23 bits per heavy atom. The highest BCUT2D eigenvalue weighted by atomic mass is 35.5. The molecule has 0 saturated carbocycles. The third kappa shape index (κ3) is 2.98. The highest BCUT2D eigenvalue weighted by Gasteiger charge is 2.10. The fraction of sp³-hybridized carbons (Fsp3) is 0.0667. The van der Waals surface area contributed by atoms with Gasteiger partial charge in [0.15, 0.2) is 0 Å². The molecule has 0 aliphatic heterocycles. The summed E-state index contributed by atoms with van der Waals surface area (Å²) in [5.41, 5.74) is 2.10. The van der Waals surface area contributed by atoms with Crippen LogP contribution in [0.2, 0.25) is 10.0 Å². The molecule has 3 aromatic rings. The van der Waals surface area contributed by atoms with Crippen molar-refractivity contribution in [2.75, 3.05) is 0 Å². The first-order valence-corrected chi connectivity index (χ1v) is 7.76. The molecule has 0 saturated heterocycles. The number of ether oxygens (including phenoxy) is 1. The third-order valence-corrected chi connectivity index (χ3v) is 4.56. The summed E-state index contributed by atoms with van der Waals surface area (Å²) in [5.74, 6) is 0.640. The van der Waals surface area contributed by atoms with Crippen LogP contribution in [-0.4, -0.2) is 11.1 Å². The number of aromatic nitrogens is 1. The SMILES string of the molecule is Cc1cc(N=C=O)ccc1Oc1nc2cc(Cl)c(Cl)cc2s1. The van der Waals surface area contributed by atoms with Gasteiger partial charge in [-0.05, 0) is 42.8 Å². The average Bonchev–Trinajstić information content (AvgIpc) is 2.84. The molecule has 0 fully saturated rings. The fourth-order valence-corrected chi connectivity index (χ4v) is 3.15. The van der Waals surface area contributed by atoms with Gasteiger partial charge in [0.25, 0.3) is 5.19 Å². The van der Waals surface area contributed by atoms with E-state index in [0.29, 0.717) is 26.7 Å². The Morgan fingerprint density at radius 2 is 2.00 bits per heavy atom. The number of aliphatic imine (C=N–C) groups is 1. The van der Waals surface area contributed by atoms with Gasteiger partial charge in [-0.3, -0.25) is 0 Å². The van der Waals surface area contributed by atoms with Gasteiger partial charge in [-0.25, -0.2) is 9.78 Å². The molecule has 1 heterocycles. The van der Waals surface area contributed by atoms with Crippen LogP contribution in [0.5, 0.6) is 10.9 Å². The van der Waals surface area contributed by atoms with Crippen LogP contribution in [0.4, 0.5) is 5.69 Å². The van der Waals surface area contributed by atoms with Gasteiger partial charge in [0.2, 0.25) is 6.08 Å². The topological polar surface area (TPSA) is 51.5 Å². The number of carbonyl (C=O) groups excluding carboxylic acids is 1. The molecule has 110 valence electrons. The number of fused-ring (bicyclic) bond motifs is 1. The average molecular weight is 351 g/mol. The predicted octanol–water partition coefficient (Wildman–Crippen LogP) is 5.67. The summed E-state index contributed by atoms with van der Waals surface area (Å²) in [6, 6.07) is 8.61. The minimum absolute atomic E-state index is 0.457. The van der Waals surface area contributed by atoms with Crippen molar-refractivity contribution in [3.8, 4) is 10.9 Å². The van der Waals surface area contributed by atoms with Crippen LogP contribution in [0.1, 0.15) is 5.56 Å². The molecule has 0 amide bonds. The molecule has 0 spiro atoms. The number of hydrogen-bond donors (Lipinski definition) is 0. The van der Waals surface area contributed by atoms with E-state index in [-0.39, 0.29) is 0 Å². The van der Waals surface area contributed by atoms with E-state index >= 15 is 0 Å². The number of benzene rings is 2. The number of rotatable bonds is 3. The first-order valence-electron chi connectivity index (χ1n) is 6.19. The highest BCUT2D eigenvalue weighted by Crippen LogP contribution is 2.36. The van der Waals surface area contributed by atoms with Gasteiger partial charge < -0.3 is 4.74 Å². The molecule has 0 aliphatic rings. The van der Waals surface area contributed by atoms with E-state index in [1.54, 1.807) is 30.3 Å². The monoisotopic (exact) mass is 350 g/mol. The molecular weight excluding hydrogens is 343 g/mol. The van der Waals surface area contributed by atoms with Gasteiger partial charge in [0, 0.05) is 0 Å². The zero-order valence-electron chi connectivity index (χ0n) is 11.3. The Bertz CT molecular complexity index is 878. The van der Waals surface area contributed by atoms with Crippen molar-refractivity contribution in [2.24, 2.45) is 4.99 Å². The van der Waals surface area contributed by atoms with Crippen LogP contribution >= 0.6 is 34.5 Å². The highest BCUT2D eigenvalue weighted by molar-refractivity contribution is 7.20. The Hall–Kier alpha value is -1.91. The van der Waals surface area contributed by atoms with E-state index in [1.165, 1.54) is 17.4 Å². The maximum absolute atomic E-state index is 10.3. The molecule has 2 aromatic carbocycles. The molecule has 0 aliphatic carbocycles. The summed E-state index contributed by atoms with van der Waals surface area (Å²) in [7, 11) is 0. The summed E-state index contributed by atoms with van der Waals surface area (Å²) >= 11 is 13.3. The molecule has 7 heteroatoms. The summed E-state index contributed by atoms with van der Waals surface area (Å²) in [5, 5.41) is 1.43. The van der Waals surface area contributed by atoms with Gasteiger partial charge in [-0.15, -0.1) is 0 Å². The second-order valence-corrected chi connectivity index (χ2v) is 6.28. The molecule has 0 N–H and O–H groups in total. The zero-order chi connectivity index (χ0) is 15.7. The summed E-state index contributed by atoms with van der Waals surface area (Å²) < 4.78 is 6.68. The lowest BCUT2D eigenvalue weighted by Gasteiger charge is -2.05. The predicted molar refractivity (Wildman–Crippen MR) is 88.7 cm³/mol. The standard InChI is InChI=1S/C15H8Cl2N2O2S/c1-8-4-9(18-7-20)2-3-13(8)21-15-19-12-5-10(16)11(17)6-14(12)22-15/h2-6H,1H3. The molecular formula is C15H8Cl2N2O2S. The quantitative estimate of drug-likeness (QED) is 0.451. The molecule has 3 rings (SSSR count). The Labute approximate surface area is 140 Å². The van der Waals surface area contributed by atoms with Crippen molar-refractivity contribution in [3.05, 3.63) is 45.9 Å². The van der Waals surface area contributed by atoms with Crippen LogP contribution < -0.4 is 4.74 Å². The summed E-state index contributed by atoms with van der Waals surface area (Å²) in [4.78, 5) is 18.2. The largest absolute Gasteiger partial charge is 0.431 e. The number of isocyanates is 1. The second kappa shape index (κ2) is 6.07. The normalized spacial score (nSPS) is 10.5. The van der Waals surface area contributed by atoms with Crippen LogP contribution in [0, 0.1) is 6.92 Å². The maximum Gasteiger partial charge on any atom is 0.279 e. The smallest absolute Gasteiger partial charge is 0.279 e. The van der Waals surface area contributed by atoms with Gasteiger partial charge in [0.05, 0.1) is 25.9 Å². The molecule has 1 aromatic heterocycles. The summed E-state index contributed by atoms with van der Waals surface area (Å²) in [6.45, 7) is 1.86. The Kier molecular flexibility index (Phi) is 4.14. The number of thiazole rings is 1. The molecule has 4 nitrogen and oxygen atoms in total. The van der Waals surface area contributed by atoms with Crippen LogP contribution in [0.25, 0.3) is 10.2 Å². The number of aryl methyl sites for hydroxylation is 1. The first-order chi connectivity index (χ1) is 10.6. The second-order valence-electron chi connectivity index (χ2n) is 4.47. The Morgan fingerprint density at radius 3 is 2.73 bits per heavy atom. The number of halogens is 2. The van der Waals surface area contributed by atoms with Gasteiger partial charge in [-0.2, -0.15) is 4.99 Å². The van der Waals surface area contributed by atoms with Crippen molar-refractivity contribution in [3.63, 3.8) is 0 Å². The van der Waals surface area contributed by atoms with E-state index in [9.17, 15) is 4.79 Å². The van der Waals surface area contributed by atoms with Crippen molar-refractivity contribution in [2.45, 2.75) is 6.92 Å². The number of nitrogens with zero attached hydrogens (tertiary/aromatic N) is 2. The zero-order valence-corrected chi connectivity index (χ0v) is 13.6. The lowest BCUT2D eigenvalue weighted by Crippen LogP contribution is -1.86. The minimum atomic E-state index is 0.457. The van der Waals surface area contributed by atoms with Crippen molar-refractivity contribution < 1.29 is 9.53 Å². The van der Waals surface area contributed by atoms with E-state index in [1.807, 2.05) is 6.92 Å². The molecule has 0 bridgehead atoms. The van der Waals surface area contributed by atoms with Crippen LogP contribution in [-0.2, 0) is 4.79 Å². The third-order valence-electron chi connectivity index (χ3n) is 2.94. The van der Waals surface area contributed by atoms with Gasteiger partial charge >= 0.3 is 0 Å². The molecule has 0 atom stereocenters. The van der Waals surface area contributed by atoms with Gasteiger partial charge in [-0.1, -0.05) is 34.5 Å². The van der Waals surface area contributed by atoms with Crippen molar-refractivity contribution in [1.29, 1.82) is 0 Å². The van der Waals surface area contributed by atoms with E-state index in [2.05, 4.69) is 9.98 Å². The minimum Gasteiger partial charge on any atom is -0.431 e. The van der Waals surface area contributed by atoms with E-state index in [4.69, 9.17) is 27.9 Å². The van der Waals surface area contributed by atoms with Crippen LogP contribution in [0.15, 0.2) is 35.3 Å². The van der Waals surface area contributed by atoms with Crippen LogP contribution in [0.3, 0.4) is 0 Å². The van der Waals surface area contributed by atoms with Crippen molar-refractivity contribution in [1.82, 2.24) is 4.98 Å². The lowest BCUT2D eigenvalue weighted by molar-refractivity contribution is 0.476. The molecule has 22 heavy (non-hydrogen) atoms. The Balaban J connectivity index is 1.94. The van der Waals surface area contributed by atoms with Crippen molar-refractivity contribution >= 4 is 56.5 Å². The first kappa shape index (κ1) is 15.0. The van der Waals surface area contributed by atoms with Gasteiger partial charge in [0.1, 0.15) is 5.75 Å². The summed E-state index contributed by atoms with van der Waals surface area (Å²) in [6.07, 6.45) is 1.51. The molecule has 0 unspecified atom stereocenters. The fourth-order valence-electron chi connectivity index (χ4n) is 1.91. The lowest BCUT2D eigenvalue weighted by atomic mass is 10.2. The molecule has 0 radical (unpaired) electrons. The number of hydrogen-bond acceptors (Lipinski definition) is 5.